The van der Waals surface area contributed by atoms with Crippen LogP contribution in [0.3, 0.4) is 0 Å². The number of rotatable bonds is 6. The van der Waals surface area contributed by atoms with Crippen LogP contribution in [0, 0.1) is 0 Å². The highest BCUT2D eigenvalue weighted by Gasteiger charge is 1.94. The van der Waals surface area contributed by atoms with Gasteiger partial charge in [0.25, 0.3) is 0 Å². The van der Waals surface area contributed by atoms with Crippen molar-refractivity contribution in [2.45, 2.75) is 11.4 Å². The maximum atomic E-state index is 3.44. The predicted molar refractivity (Wildman–Crippen MR) is 73.2 cm³/mol. The minimum absolute atomic E-state index is 0.985. The van der Waals surface area contributed by atoms with Crippen molar-refractivity contribution in [1.29, 1.82) is 0 Å². The molecule has 0 bridgehead atoms. The molecule has 0 saturated carbocycles. The summed E-state index contributed by atoms with van der Waals surface area (Å²) in [6, 6.07) is 12.7. The third-order valence-corrected chi connectivity index (χ3v) is 3.95. The molecule has 0 aliphatic rings. The summed E-state index contributed by atoms with van der Waals surface area (Å²) in [4.78, 5) is 1.35. The van der Waals surface area contributed by atoms with Crippen molar-refractivity contribution in [1.82, 2.24) is 5.32 Å². The Morgan fingerprint density at radius 2 is 2.00 bits per heavy atom. The molecule has 3 heteroatoms. The van der Waals surface area contributed by atoms with Gasteiger partial charge < -0.3 is 5.32 Å². The zero-order valence-electron chi connectivity index (χ0n) is 9.06. The minimum atomic E-state index is 0.985. The van der Waals surface area contributed by atoms with Gasteiger partial charge in [-0.2, -0.15) is 11.3 Å². The molecule has 0 unspecified atom stereocenters. The van der Waals surface area contributed by atoms with E-state index >= 15 is 0 Å². The Morgan fingerprint density at radius 1 is 1.12 bits per heavy atom. The van der Waals surface area contributed by atoms with Crippen LogP contribution in [0.25, 0.3) is 0 Å². The standard InChI is InChI=1S/C13H15NS2/c1-2-4-13(5-3-1)16-9-7-14-10-12-6-8-15-11-12/h1-6,8,11,14H,7,9-10H2. The largest absolute Gasteiger partial charge is 0.312 e. The van der Waals surface area contributed by atoms with Gasteiger partial charge in [-0.3, -0.25) is 0 Å². The molecular formula is C13H15NS2. The van der Waals surface area contributed by atoms with Crippen LogP contribution in [0.2, 0.25) is 0 Å². The minimum Gasteiger partial charge on any atom is -0.312 e. The lowest BCUT2D eigenvalue weighted by molar-refractivity contribution is 0.734. The Kier molecular flexibility index (Phi) is 4.93. The Morgan fingerprint density at radius 3 is 2.75 bits per heavy atom. The first kappa shape index (κ1) is 11.7. The van der Waals surface area contributed by atoms with E-state index < -0.39 is 0 Å². The van der Waals surface area contributed by atoms with Crippen LogP contribution in [0.15, 0.2) is 52.1 Å². The summed E-state index contributed by atoms with van der Waals surface area (Å²) in [6.07, 6.45) is 0. The van der Waals surface area contributed by atoms with Gasteiger partial charge in [-0.25, -0.2) is 0 Å². The molecule has 0 aliphatic heterocycles. The van der Waals surface area contributed by atoms with Crippen LogP contribution >= 0.6 is 23.1 Å². The molecule has 2 aromatic rings. The molecule has 16 heavy (non-hydrogen) atoms. The van der Waals surface area contributed by atoms with Crippen LogP contribution < -0.4 is 5.32 Å². The summed E-state index contributed by atoms with van der Waals surface area (Å²) in [5.41, 5.74) is 1.38. The SMILES string of the molecule is c1ccc(SCCNCc2ccsc2)cc1. The van der Waals surface area contributed by atoms with E-state index in [9.17, 15) is 0 Å². The highest BCUT2D eigenvalue weighted by atomic mass is 32.2. The van der Waals surface area contributed by atoms with Crippen LogP contribution in [-0.2, 0) is 6.54 Å². The average Bonchev–Trinajstić information content (AvgIpc) is 2.83. The zero-order valence-corrected chi connectivity index (χ0v) is 10.7. The van der Waals surface area contributed by atoms with Gasteiger partial charge in [0, 0.05) is 23.7 Å². The zero-order chi connectivity index (χ0) is 11.1. The second-order valence-electron chi connectivity index (χ2n) is 3.47. The van der Waals surface area contributed by atoms with Gasteiger partial charge in [-0.1, -0.05) is 18.2 Å². The molecular weight excluding hydrogens is 234 g/mol. The lowest BCUT2D eigenvalue weighted by Crippen LogP contribution is -2.15. The van der Waals surface area contributed by atoms with E-state index in [0.717, 1.165) is 18.8 Å². The van der Waals surface area contributed by atoms with E-state index in [0.29, 0.717) is 0 Å². The van der Waals surface area contributed by atoms with Crippen molar-refractivity contribution in [2.75, 3.05) is 12.3 Å². The third kappa shape index (κ3) is 4.00. The molecule has 0 fully saturated rings. The molecule has 2 rings (SSSR count). The van der Waals surface area contributed by atoms with E-state index in [1.54, 1.807) is 11.3 Å². The van der Waals surface area contributed by atoms with E-state index in [1.165, 1.54) is 10.5 Å². The second kappa shape index (κ2) is 6.74. The Balaban J connectivity index is 1.59. The molecule has 1 heterocycles. The normalized spacial score (nSPS) is 10.5. The highest BCUT2D eigenvalue weighted by molar-refractivity contribution is 7.99. The third-order valence-electron chi connectivity index (χ3n) is 2.20. The summed E-state index contributed by atoms with van der Waals surface area (Å²) < 4.78 is 0. The molecule has 1 nitrogen and oxygen atoms in total. The molecule has 84 valence electrons. The highest BCUT2D eigenvalue weighted by Crippen LogP contribution is 2.15. The lowest BCUT2D eigenvalue weighted by Gasteiger charge is -2.03. The summed E-state index contributed by atoms with van der Waals surface area (Å²) in [6.45, 7) is 2.04. The van der Waals surface area contributed by atoms with Crippen molar-refractivity contribution in [3.8, 4) is 0 Å². The van der Waals surface area contributed by atoms with Crippen LogP contribution in [-0.4, -0.2) is 12.3 Å². The van der Waals surface area contributed by atoms with Crippen molar-refractivity contribution >= 4 is 23.1 Å². The molecule has 0 radical (unpaired) electrons. The average molecular weight is 249 g/mol. The van der Waals surface area contributed by atoms with Gasteiger partial charge in [0.2, 0.25) is 0 Å². The molecule has 0 amide bonds. The number of benzene rings is 1. The van der Waals surface area contributed by atoms with Gasteiger partial charge in [0.15, 0.2) is 0 Å². The molecule has 1 aromatic heterocycles. The number of hydrogen-bond donors (Lipinski definition) is 1. The fourth-order valence-electron chi connectivity index (χ4n) is 1.38. The van der Waals surface area contributed by atoms with Crippen molar-refractivity contribution < 1.29 is 0 Å². The number of nitrogens with one attached hydrogen (secondary N) is 1. The first-order valence-electron chi connectivity index (χ1n) is 5.35. The van der Waals surface area contributed by atoms with Gasteiger partial charge in [-0.15, -0.1) is 11.8 Å². The van der Waals surface area contributed by atoms with Gasteiger partial charge in [-0.05, 0) is 34.5 Å². The van der Waals surface area contributed by atoms with Crippen molar-refractivity contribution in [2.24, 2.45) is 0 Å². The Labute approximate surface area is 105 Å². The Bertz CT molecular complexity index is 384. The summed E-state index contributed by atoms with van der Waals surface area (Å²) in [7, 11) is 0. The fourth-order valence-corrected chi connectivity index (χ4v) is 2.88. The summed E-state index contributed by atoms with van der Waals surface area (Å²) in [5.74, 6) is 1.12. The summed E-state index contributed by atoms with van der Waals surface area (Å²) in [5, 5.41) is 7.76. The maximum absolute atomic E-state index is 3.44. The van der Waals surface area contributed by atoms with E-state index in [-0.39, 0.29) is 0 Å². The monoisotopic (exact) mass is 249 g/mol. The van der Waals surface area contributed by atoms with E-state index in [4.69, 9.17) is 0 Å². The second-order valence-corrected chi connectivity index (χ2v) is 5.42. The van der Waals surface area contributed by atoms with E-state index in [2.05, 4.69) is 52.5 Å². The first-order valence-corrected chi connectivity index (χ1v) is 7.27. The number of thiophene rings is 1. The van der Waals surface area contributed by atoms with E-state index in [1.807, 2.05) is 11.8 Å². The quantitative estimate of drug-likeness (QED) is 0.620. The molecule has 1 aromatic carbocycles. The van der Waals surface area contributed by atoms with Crippen LogP contribution in [0.4, 0.5) is 0 Å². The van der Waals surface area contributed by atoms with Crippen molar-refractivity contribution in [3.63, 3.8) is 0 Å². The molecule has 0 aliphatic carbocycles. The lowest BCUT2D eigenvalue weighted by atomic mass is 10.3. The van der Waals surface area contributed by atoms with Gasteiger partial charge >= 0.3 is 0 Å². The van der Waals surface area contributed by atoms with Crippen LogP contribution in [0.5, 0.6) is 0 Å². The number of hydrogen-bond acceptors (Lipinski definition) is 3. The molecule has 0 atom stereocenters. The topological polar surface area (TPSA) is 12.0 Å². The molecule has 0 spiro atoms. The Hall–Kier alpha value is -0.770. The maximum Gasteiger partial charge on any atom is 0.0214 e. The van der Waals surface area contributed by atoms with Crippen LogP contribution in [0.1, 0.15) is 5.56 Å². The summed E-state index contributed by atoms with van der Waals surface area (Å²) >= 11 is 3.65. The van der Waals surface area contributed by atoms with Gasteiger partial charge in [0.05, 0.1) is 0 Å². The van der Waals surface area contributed by atoms with Gasteiger partial charge in [0.1, 0.15) is 0 Å². The molecule has 1 N–H and O–H groups in total. The smallest absolute Gasteiger partial charge is 0.0214 e. The predicted octanol–water partition coefficient (Wildman–Crippen LogP) is 3.63. The molecule has 0 saturated heterocycles. The fraction of sp³-hybridized carbons (Fsp3) is 0.231. The number of thioether (sulfide) groups is 1. The first-order chi connectivity index (χ1) is 7.95. The van der Waals surface area contributed by atoms with Crippen molar-refractivity contribution in [3.05, 3.63) is 52.7 Å².